The fourth-order valence-electron chi connectivity index (χ4n) is 2.23. The van der Waals surface area contributed by atoms with Crippen molar-refractivity contribution < 1.29 is 14.3 Å². The lowest BCUT2D eigenvalue weighted by Gasteiger charge is -2.00. The molecular weight excluding hydrogens is 360 g/mol. The van der Waals surface area contributed by atoms with Crippen molar-refractivity contribution in [1.29, 1.82) is 0 Å². The Bertz CT molecular complexity index is 915. The van der Waals surface area contributed by atoms with E-state index in [9.17, 15) is 9.90 Å². The van der Waals surface area contributed by atoms with Crippen LogP contribution >= 0.6 is 15.9 Å². The molecule has 1 heterocycles. The summed E-state index contributed by atoms with van der Waals surface area (Å²) in [6.07, 6.45) is 1.37. The Hall–Kier alpha value is -2.60. The van der Waals surface area contributed by atoms with Crippen LogP contribution in [0, 0.1) is 6.92 Å². The Kier molecular flexibility index (Phi) is 4.16. The summed E-state index contributed by atoms with van der Waals surface area (Å²) in [4.78, 5) is 12.2. The van der Waals surface area contributed by atoms with Crippen molar-refractivity contribution in [2.45, 2.75) is 6.92 Å². The summed E-state index contributed by atoms with van der Waals surface area (Å²) in [6, 6.07) is 12.4. The number of fused-ring (bicyclic) bond motifs is 1. The molecule has 0 fully saturated rings. The number of aromatic hydroxyl groups is 1. The number of phenols is 1. The predicted octanol–water partition coefficient (Wildman–Crippen LogP) is 3.97. The normalized spacial score (nSPS) is 11.2. The van der Waals surface area contributed by atoms with Crippen LogP contribution in [0.1, 0.15) is 21.7 Å². The minimum Gasteiger partial charge on any atom is -0.507 e. The molecule has 116 valence electrons. The van der Waals surface area contributed by atoms with Gasteiger partial charge in [-0.25, -0.2) is 5.43 Å². The van der Waals surface area contributed by atoms with Gasteiger partial charge in [-0.1, -0.05) is 34.1 Å². The smallest absolute Gasteiger partial charge is 0.307 e. The SMILES string of the molecule is Cc1c(C(=O)N/N=C/c2cc(Br)ccc2O)oc2ccccc12. The van der Waals surface area contributed by atoms with Crippen molar-refractivity contribution in [2.75, 3.05) is 0 Å². The molecule has 1 amide bonds. The van der Waals surface area contributed by atoms with E-state index < -0.39 is 5.91 Å². The van der Waals surface area contributed by atoms with Gasteiger partial charge in [0, 0.05) is 21.0 Å². The second-order valence-electron chi connectivity index (χ2n) is 4.95. The number of rotatable bonds is 3. The van der Waals surface area contributed by atoms with Gasteiger partial charge in [-0.15, -0.1) is 0 Å². The molecule has 0 unspecified atom stereocenters. The van der Waals surface area contributed by atoms with Gasteiger partial charge in [0.25, 0.3) is 0 Å². The van der Waals surface area contributed by atoms with E-state index in [0.29, 0.717) is 11.1 Å². The summed E-state index contributed by atoms with van der Waals surface area (Å²) in [5.74, 6) is -0.141. The number of aryl methyl sites for hydroxylation is 1. The van der Waals surface area contributed by atoms with Crippen LogP contribution in [0.3, 0.4) is 0 Å². The van der Waals surface area contributed by atoms with Crippen molar-refractivity contribution >= 4 is 39.0 Å². The standard InChI is InChI=1S/C17H13BrN2O3/c1-10-13-4-2-3-5-15(13)23-16(10)17(22)20-19-9-11-8-12(18)6-7-14(11)21/h2-9,21H,1H3,(H,20,22)/b19-9+. The van der Waals surface area contributed by atoms with E-state index in [1.807, 2.05) is 31.2 Å². The summed E-state index contributed by atoms with van der Waals surface area (Å²) < 4.78 is 6.37. The lowest BCUT2D eigenvalue weighted by atomic mass is 10.1. The van der Waals surface area contributed by atoms with Gasteiger partial charge in [0.05, 0.1) is 6.21 Å². The average molecular weight is 373 g/mol. The molecule has 6 heteroatoms. The van der Waals surface area contributed by atoms with E-state index in [0.717, 1.165) is 15.4 Å². The van der Waals surface area contributed by atoms with E-state index in [2.05, 4.69) is 26.5 Å². The number of carbonyl (C=O) groups excluding carboxylic acids is 1. The van der Waals surface area contributed by atoms with Crippen molar-refractivity contribution in [3.8, 4) is 5.75 Å². The minimum absolute atomic E-state index is 0.0751. The average Bonchev–Trinajstić information content (AvgIpc) is 2.88. The molecule has 0 aliphatic carbocycles. The molecule has 0 atom stereocenters. The van der Waals surface area contributed by atoms with E-state index in [4.69, 9.17) is 4.42 Å². The molecule has 0 bridgehead atoms. The zero-order chi connectivity index (χ0) is 16.4. The number of phenolic OH excluding ortho intramolecular Hbond substituents is 1. The Morgan fingerprint density at radius 3 is 2.87 bits per heavy atom. The van der Waals surface area contributed by atoms with Gasteiger partial charge in [-0.3, -0.25) is 4.79 Å². The summed E-state index contributed by atoms with van der Waals surface area (Å²) in [5.41, 5.74) is 4.31. The first-order valence-electron chi connectivity index (χ1n) is 6.86. The van der Waals surface area contributed by atoms with Crippen LogP contribution < -0.4 is 5.43 Å². The molecule has 3 aromatic rings. The van der Waals surface area contributed by atoms with Crippen LogP contribution in [0.5, 0.6) is 5.75 Å². The number of hydrogen-bond acceptors (Lipinski definition) is 4. The summed E-state index contributed by atoms with van der Waals surface area (Å²) in [6.45, 7) is 1.82. The van der Waals surface area contributed by atoms with Crippen molar-refractivity contribution in [3.05, 3.63) is 63.8 Å². The first-order chi connectivity index (χ1) is 11.1. The van der Waals surface area contributed by atoms with E-state index >= 15 is 0 Å². The van der Waals surface area contributed by atoms with Gasteiger partial charge >= 0.3 is 5.91 Å². The second kappa shape index (κ2) is 6.26. The highest BCUT2D eigenvalue weighted by molar-refractivity contribution is 9.10. The maximum atomic E-state index is 12.2. The zero-order valence-electron chi connectivity index (χ0n) is 12.2. The lowest BCUT2D eigenvalue weighted by Crippen LogP contribution is -2.17. The minimum atomic E-state index is -0.440. The van der Waals surface area contributed by atoms with Crippen LogP contribution in [-0.4, -0.2) is 17.2 Å². The molecule has 1 aromatic heterocycles. The number of para-hydroxylation sites is 1. The topological polar surface area (TPSA) is 74.8 Å². The third-order valence-electron chi connectivity index (χ3n) is 3.41. The predicted molar refractivity (Wildman–Crippen MR) is 91.8 cm³/mol. The molecule has 2 N–H and O–H groups in total. The number of carbonyl (C=O) groups is 1. The molecule has 0 aliphatic rings. The number of benzene rings is 2. The van der Waals surface area contributed by atoms with Gasteiger partial charge in [-0.05, 0) is 31.2 Å². The number of nitrogens with one attached hydrogen (secondary N) is 1. The second-order valence-corrected chi connectivity index (χ2v) is 5.87. The Morgan fingerprint density at radius 1 is 1.30 bits per heavy atom. The maximum Gasteiger partial charge on any atom is 0.307 e. The Labute approximate surface area is 140 Å². The van der Waals surface area contributed by atoms with Crippen molar-refractivity contribution in [3.63, 3.8) is 0 Å². The summed E-state index contributed by atoms with van der Waals surface area (Å²) in [5, 5.41) is 14.5. The van der Waals surface area contributed by atoms with E-state index in [-0.39, 0.29) is 11.5 Å². The van der Waals surface area contributed by atoms with E-state index in [1.165, 1.54) is 12.3 Å². The van der Waals surface area contributed by atoms with Crippen LogP contribution in [0.4, 0.5) is 0 Å². The lowest BCUT2D eigenvalue weighted by molar-refractivity contribution is 0.0929. The van der Waals surface area contributed by atoms with Gasteiger partial charge < -0.3 is 9.52 Å². The monoisotopic (exact) mass is 372 g/mol. The number of furan rings is 1. The van der Waals surface area contributed by atoms with Gasteiger partial charge in [0.15, 0.2) is 5.76 Å². The number of halogens is 1. The number of hydrazone groups is 1. The number of amides is 1. The van der Waals surface area contributed by atoms with Crippen molar-refractivity contribution in [2.24, 2.45) is 5.10 Å². The fraction of sp³-hybridized carbons (Fsp3) is 0.0588. The summed E-state index contributed by atoms with van der Waals surface area (Å²) >= 11 is 3.31. The Morgan fingerprint density at radius 2 is 2.09 bits per heavy atom. The zero-order valence-corrected chi connectivity index (χ0v) is 13.8. The molecule has 3 rings (SSSR count). The molecule has 23 heavy (non-hydrogen) atoms. The molecule has 0 saturated heterocycles. The van der Waals surface area contributed by atoms with Crippen LogP contribution in [0.2, 0.25) is 0 Å². The summed E-state index contributed by atoms with van der Waals surface area (Å²) in [7, 11) is 0. The molecule has 0 spiro atoms. The Balaban J connectivity index is 1.80. The number of nitrogens with zero attached hydrogens (tertiary/aromatic N) is 1. The first-order valence-corrected chi connectivity index (χ1v) is 7.65. The molecule has 0 aliphatic heterocycles. The van der Waals surface area contributed by atoms with E-state index in [1.54, 1.807) is 12.1 Å². The first kappa shape index (κ1) is 15.3. The third kappa shape index (κ3) is 3.12. The van der Waals surface area contributed by atoms with Gasteiger partial charge in [0.2, 0.25) is 0 Å². The van der Waals surface area contributed by atoms with Crippen LogP contribution in [-0.2, 0) is 0 Å². The quantitative estimate of drug-likeness (QED) is 0.539. The molecule has 5 nitrogen and oxygen atoms in total. The van der Waals surface area contributed by atoms with Crippen LogP contribution in [0.25, 0.3) is 11.0 Å². The molecule has 0 saturated carbocycles. The molecular formula is C17H13BrN2O3. The highest BCUT2D eigenvalue weighted by Gasteiger charge is 2.16. The molecule has 0 radical (unpaired) electrons. The van der Waals surface area contributed by atoms with Gasteiger partial charge in [0.1, 0.15) is 11.3 Å². The maximum absolute atomic E-state index is 12.2. The fourth-order valence-corrected chi connectivity index (χ4v) is 2.61. The highest BCUT2D eigenvalue weighted by atomic mass is 79.9. The van der Waals surface area contributed by atoms with Crippen molar-refractivity contribution in [1.82, 2.24) is 5.43 Å². The molecule has 2 aromatic carbocycles. The van der Waals surface area contributed by atoms with Crippen LogP contribution in [0.15, 0.2) is 56.5 Å². The van der Waals surface area contributed by atoms with Gasteiger partial charge in [-0.2, -0.15) is 5.10 Å². The highest BCUT2D eigenvalue weighted by Crippen LogP contribution is 2.24. The largest absolute Gasteiger partial charge is 0.507 e. The third-order valence-corrected chi connectivity index (χ3v) is 3.90. The number of hydrogen-bond donors (Lipinski definition) is 2.